The van der Waals surface area contributed by atoms with Gasteiger partial charge in [-0.2, -0.15) is 0 Å². The quantitative estimate of drug-likeness (QED) is 0.700. The Morgan fingerprint density at radius 2 is 1.75 bits per heavy atom. The fourth-order valence-corrected chi connectivity index (χ4v) is 3.35. The number of nitrogens with one attached hydrogen (secondary N) is 1. The maximum Gasteiger partial charge on any atom is 0.283 e. The zero-order valence-corrected chi connectivity index (χ0v) is 15.4. The molecule has 6 heteroatoms. The van der Waals surface area contributed by atoms with Crippen LogP contribution in [0.25, 0.3) is 0 Å². The highest BCUT2D eigenvalue weighted by atomic mass is 19.1. The van der Waals surface area contributed by atoms with Crippen molar-refractivity contribution in [1.29, 1.82) is 0 Å². The summed E-state index contributed by atoms with van der Waals surface area (Å²) in [6, 6.07) is 22.5. The van der Waals surface area contributed by atoms with E-state index >= 15 is 0 Å². The summed E-state index contributed by atoms with van der Waals surface area (Å²) in [6.07, 6.45) is 0. The third-order valence-corrected chi connectivity index (χ3v) is 4.76. The Morgan fingerprint density at radius 3 is 2.46 bits per heavy atom. The van der Waals surface area contributed by atoms with E-state index < -0.39 is 11.4 Å². The Balaban J connectivity index is 1.78. The summed E-state index contributed by atoms with van der Waals surface area (Å²) in [5.74, 6) is -0.284. The van der Waals surface area contributed by atoms with Gasteiger partial charge in [0.25, 0.3) is 6.02 Å². The van der Waals surface area contributed by atoms with Crippen molar-refractivity contribution in [2.45, 2.75) is 5.54 Å². The van der Waals surface area contributed by atoms with Crippen LogP contribution < -0.4 is 15.8 Å². The summed E-state index contributed by atoms with van der Waals surface area (Å²) < 4.78 is 24.6. The predicted molar refractivity (Wildman–Crippen MR) is 107 cm³/mol. The van der Waals surface area contributed by atoms with E-state index in [9.17, 15) is 4.39 Å². The molecule has 0 aliphatic carbocycles. The number of para-hydroxylation sites is 1. The smallest absolute Gasteiger partial charge is 0.283 e. The molecule has 0 fully saturated rings. The van der Waals surface area contributed by atoms with Crippen molar-refractivity contribution in [3.8, 4) is 5.75 Å². The summed E-state index contributed by atoms with van der Waals surface area (Å²) in [6.45, 7) is 0.225. The number of hydrogen-bond acceptors (Lipinski definition) is 5. The van der Waals surface area contributed by atoms with E-state index in [1.165, 1.54) is 13.2 Å². The molecule has 3 aromatic carbocycles. The van der Waals surface area contributed by atoms with E-state index in [0.717, 1.165) is 22.5 Å². The molecule has 0 aromatic heterocycles. The van der Waals surface area contributed by atoms with Crippen LogP contribution in [0, 0.1) is 5.82 Å². The highest BCUT2D eigenvalue weighted by molar-refractivity contribution is 5.75. The first-order chi connectivity index (χ1) is 13.6. The van der Waals surface area contributed by atoms with E-state index in [4.69, 9.17) is 15.2 Å². The normalized spacial score (nSPS) is 18.3. The molecule has 1 atom stereocenters. The Hall–Kier alpha value is -3.54. The fraction of sp³-hybridized carbons (Fsp3) is 0.136. The van der Waals surface area contributed by atoms with Gasteiger partial charge >= 0.3 is 0 Å². The van der Waals surface area contributed by atoms with Crippen LogP contribution in [0.15, 0.2) is 77.8 Å². The highest BCUT2D eigenvalue weighted by Gasteiger charge is 2.40. The van der Waals surface area contributed by atoms with Crippen molar-refractivity contribution >= 4 is 17.4 Å². The molecule has 0 saturated carbocycles. The second-order valence-corrected chi connectivity index (χ2v) is 6.52. The first-order valence-electron chi connectivity index (χ1n) is 8.85. The van der Waals surface area contributed by atoms with Crippen molar-refractivity contribution in [3.05, 3.63) is 89.7 Å². The second-order valence-electron chi connectivity index (χ2n) is 6.52. The molecule has 0 saturated heterocycles. The highest BCUT2D eigenvalue weighted by Crippen LogP contribution is 2.40. The molecule has 0 bridgehead atoms. The van der Waals surface area contributed by atoms with Crippen molar-refractivity contribution in [3.63, 3.8) is 0 Å². The zero-order valence-electron chi connectivity index (χ0n) is 15.4. The van der Waals surface area contributed by atoms with Gasteiger partial charge < -0.3 is 20.5 Å². The Kier molecular flexibility index (Phi) is 4.61. The van der Waals surface area contributed by atoms with Gasteiger partial charge in [-0.15, -0.1) is 0 Å². The average Bonchev–Trinajstić information content (AvgIpc) is 3.12. The topological polar surface area (TPSA) is 68.9 Å². The number of ether oxygens (including phenoxy) is 2. The molecule has 0 spiro atoms. The number of aliphatic imine (C=N–C) groups is 1. The van der Waals surface area contributed by atoms with E-state index in [0.29, 0.717) is 0 Å². The number of anilines is 2. The predicted octanol–water partition coefficient (Wildman–Crippen LogP) is 4.17. The Morgan fingerprint density at radius 1 is 1.00 bits per heavy atom. The molecule has 28 heavy (non-hydrogen) atoms. The van der Waals surface area contributed by atoms with Gasteiger partial charge in [0.05, 0.1) is 7.11 Å². The molecule has 0 amide bonds. The van der Waals surface area contributed by atoms with Crippen molar-refractivity contribution < 1.29 is 13.9 Å². The number of halogens is 1. The molecule has 1 aliphatic rings. The van der Waals surface area contributed by atoms with E-state index in [2.05, 4.69) is 10.3 Å². The van der Waals surface area contributed by atoms with Crippen molar-refractivity contribution in [2.75, 3.05) is 19.0 Å². The molecule has 1 heterocycles. The van der Waals surface area contributed by atoms with Crippen LogP contribution in [0.3, 0.4) is 0 Å². The molecular formula is C22H20FN3O2. The van der Waals surface area contributed by atoms with Crippen LogP contribution in [-0.4, -0.2) is 19.7 Å². The molecule has 0 radical (unpaired) electrons. The van der Waals surface area contributed by atoms with Gasteiger partial charge in [0.1, 0.15) is 6.61 Å². The number of rotatable bonds is 5. The molecule has 5 nitrogen and oxygen atoms in total. The lowest BCUT2D eigenvalue weighted by Crippen LogP contribution is -2.27. The van der Waals surface area contributed by atoms with Crippen LogP contribution in [0.1, 0.15) is 11.1 Å². The third kappa shape index (κ3) is 3.24. The monoisotopic (exact) mass is 377 g/mol. The van der Waals surface area contributed by atoms with Crippen LogP contribution in [-0.2, 0) is 10.3 Å². The largest absolute Gasteiger partial charge is 0.494 e. The summed E-state index contributed by atoms with van der Waals surface area (Å²) in [4.78, 5) is 4.58. The van der Waals surface area contributed by atoms with Gasteiger partial charge in [-0.25, -0.2) is 9.38 Å². The average molecular weight is 377 g/mol. The number of nitrogens with two attached hydrogens (primary N) is 1. The first-order valence-corrected chi connectivity index (χ1v) is 8.85. The second kappa shape index (κ2) is 7.23. The number of hydrogen-bond donors (Lipinski definition) is 2. The molecule has 3 N–H and O–H groups in total. The Bertz CT molecular complexity index is 1020. The summed E-state index contributed by atoms with van der Waals surface area (Å²) in [5, 5.41) is 3.37. The lowest BCUT2D eigenvalue weighted by molar-refractivity contribution is 0.278. The number of nitrogens with zero attached hydrogens (tertiary/aromatic N) is 1. The van der Waals surface area contributed by atoms with Gasteiger partial charge in [0.2, 0.25) is 0 Å². The standard InChI is InChI=1S/C22H20FN3O2/c1-27-20-13-16(10-11-19(20)23)22(14-28-21(24)26-22)15-6-5-9-18(12-15)25-17-7-3-2-4-8-17/h2-13,25H,14H2,1H3,(H2,24,26). The van der Waals surface area contributed by atoms with Crippen molar-refractivity contribution in [1.82, 2.24) is 0 Å². The first kappa shape index (κ1) is 17.9. The summed E-state index contributed by atoms with van der Waals surface area (Å²) in [7, 11) is 1.43. The van der Waals surface area contributed by atoms with Gasteiger partial charge in [0.15, 0.2) is 17.1 Å². The number of methoxy groups -OCH3 is 1. The maximum absolute atomic E-state index is 13.9. The van der Waals surface area contributed by atoms with Crippen molar-refractivity contribution in [2.24, 2.45) is 10.7 Å². The minimum absolute atomic E-state index is 0.102. The molecular weight excluding hydrogens is 357 g/mol. The zero-order chi connectivity index (χ0) is 19.6. The minimum atomic E-state index is -0.876. The number of benzene rings is 3. The molecule has 1 unspecified atom stereocenters. The lowest BCUT2D eigenvalue weighted by atomic mass is 9.84. The fourth-order valence-electron chi connectivity index (χ4n) is 3.35. The molecule has 1 aliphatic heterocycles. The molecule has 3 aromatic rings. The SMILES string of the molecule is COc1cc(C2(c3cccc(Nc4ccccc4)c3)COC(N)=N2)ccc1F. The van der Waals surface area contributed by atoms with Gasteiger partial charge in [-0.05, 0) is 47.5 Å². The lowest BCUT2D eigenvalue weighted by Gasteiger charge is -2.26. The number of amidine groups is 1. The van der Waals surface area contributed by atoms with Crippen LogP contribution >= 0.6 is 0 Å². The molecule has 4 rings (SSSR count). The van der Waals surface area contributed by atoms with Crippen LogP contribution in [0.2, 0.25) is 0 Å². The third-order valence-electron chi connectivity index (χ3n) is 4.76. The van der Waals surface area contributed by atoms with Crippen LogP contribution in [0.4, 0.5) is 15.8 Å². The van der Waals surface area contributed by atoms with E-state index in [-0.39, 0.29) is 18.4 Å². The molecule has 142 valence electrons. The van der Waals surface area contributed by atoms with Gasteiger partial charge in [-0.3, -0.25) is 0 Å². The summed E-state index contributed by atoms with van der Waals surface area (Å²) >= 11 is 0. The van der Waals surface area contributed by atoms with Gasteiger partial charge in [-0.1, -0.05) is 36.4 Å². The van der Waals surface area contributed by atoms with Gasteiger partial charge in [0, 0.05) is 11.4 Å². The summed E-state index contributed by atoms with van der Waals surface area (Å²) in [5.41, 5.74) is 8.47. The van der Waals surface area contributed by atoms with Crippen LogP contribution in [0.5, 0.6) is 5.75 Å². The Labute approximate surface area is 162 Å². The minimum Gasteiger partial charge on any atom is -0.494 e. The maximum atomic E-state index is 13.9. The van der Waals surface area contributed by atoms with E-state index in [1.807, 2.05) is 54.6 Å². The van der Waals surface area contributed by atoms with E-state index in [1.54, 1.807) is 12.1 Å².